The lowest BCUT2D eigenvalue weighted by Gasteiger charge is -2.10. The molecule has 4 rings (SSSR count). The van der Waals surface area contributed by atoms with E-state index < -0.39 is 5.91 Å². The molecule has 0 bridgehead atoms. The van der Waals surface area contributed by atoms with E-state index in [1.807, 2.05) is 36.8 Å². The van der Waals surface area contributed by atoms with Crippen LogP contribution < -0.4 is 5.48 Å². The second-order valence-electron chi connectivity index (χ2n) is 7.38. The van der Waals surface area contributed by atoms with Gasteiger partial charge >= 0.3 is 0 Å². The van der Waals surface area contributed by atoms with Gasteiger partial charge in [0.25, 0.3) is 5.91 Å². The molecule has 2 aromatic heterocycles. The SMILES string of the molecule is O=C(/C=C/c1ccc2c(c1)nc(CCc1ccccc1)n2CCCn1ccnc1)NO. The molecule has 2 aromatic carbocycles. The molecule has 0 fully saturated rings. The van der Waals surface area contributed by atoms with Crippen LogP contribution in [0, 0.1) is 0 Å². The summed E-state index contributed by atoms with van der Waals surface area (Å²) in [5.41, 5.74) is 5.73. The monoisotopic (exact) mass is 415 g/mol. The standard InChI is InChI=1S/C24H25N5O2/c30-24(27-31)12-9-20-7-10-22-21(17-20)26-23(11-8-19-5-2-1-3-6-19)29(22)15-4-14-28-16-13-25-18-28/h1-3,5-7,9-10,12-13,16-18,31H,4,8,11,14-15H2,(H,27,30)/b12-9+. The summed E-state index contributed by atoms with van der Waals surface area (Å²) in [6, 6.07) is 16.4. The van der Waals surface area contributed by atoms with Gasteiger partial charge in [0.2, 0.25) is 0 Å². The quantitative estimate of drug-likeness (QED) is 0.248. The first-order chi connectivity index (χ1) is 15.2. The van der Waals surface area contributed by atoms with Gasteiger partial charge in [-0.25, -0.2) is 15.4 Å². The maximum atomic E-state index is 11.3. The molecular formula is C24H25N5O2. The van der Waals surface area contributed by atoms with E-state index in [0.29, 0.717) is 0 Å². The van der Waals surface area contributed by atoms with Crippen molar-refractivity contribution in [3.8, 4) is 0 Å². The Kier molecular flexibility index (Phi) is 6.54. The van der Waals surface area contributed by atoms with Crippen molar-refractivity contribution in [2.24, 2.45) is 0 Å². The van der Waals surface area contributed by atoms with Crippen molar-refractivity contribution in [3.63, 3.8) is 0 Å². The third-order valence-electron chi connectivity index (χ3n) is 5.23. The molecule has 7 heteroatoms. The summed E-state index contributed by atoms with van der Waals surface area (Å²) in [6.07, 6.45) is 11.3. The number of hydroxylamine groups is 1. The first kappa shape index (κ1) is 20.6. The maximum absolute atomic E-state index is 11.3. The molecule has 0 saturated heterocycles. The molecule has 0 aliphatic carbocycles. The second kappa shape index (κ2) is 9.86. The summed E-state index contributed by atoms with van der Waals surface area (Å²) < 4.78 is 4.38. The number of hydrogen-bond donors (Lipinski definition) is 2. The number of carbonyl (C=O) groups excluding carboxylic acids is 1. The summed E-state index contributed by atoms with van der Waals surface area (Å²) >= 11 is 0. The molecule has 0 saturated carbocycles. The van der Waals surface area contributed by atoms with Crippen LogP contribution in [0.5, 0.6) is 0 Å². The van der Waals surface area contributed by atoms with Gasteiger partial charge < -0.3 is 9.13 Å². The number of nitrogens with one attached hydrogen (secondary N) is 1. The summed E-state index contributed by atoms with van der Waals surface area (Å²) in [5.74, 6) is 0.493. The van der Waals surface area contributed by atoms with Crippen molar-refractivity contribution < 1.29 is 10.0 Å². The van der Waals surface area contributed by atoms with Crippen molar-refractivity contribution >= 4 is 23.0 Å². The van der Waals surface area contributed by atoms with Gasteiger partial charge in [-0.05, 0) is 42.2 Å². The zero-order valence-corrected chi connectivity index (χ0v) is 17.2. The highest BCUT2D eigenvalue weighted by atomic mass is 16.5. The van der Waals surface area contributed by atoms with Crippen LogP contribution in [-0.4, -0.2) is 30.2 Å². The Labute approximate surface area is 180 Å². The number of rotatable bonds is 9. The van der Waals surface area contributed by atoms with Crippen molar-refractivity contribution in [1.29, 1.82) is 0 Å². The fraction of sp³-hybridized carbons (Fsp3) is 0.208. The number of hydrogen-bond acceptors (Lipinski definition) is 4. The van der Waals surface area contributed by atoms with E-state index in [1.165, 1.54) is 11.6 Å². The highest BCUT2D eigenvalue weighted by Crippen LogP contribution is 2.21. The number of nitrogens with zero attached hydrogens (tertiary/aromatic N) is 4. The van der Waals surface area contributed by atoms with E-state index in [0.717, 1.165) is 54.8 Å². The normalized spacial score (nSPS) is 11.4. The summed E-state index contributed by atoms with van der Waals surface area (Å²) in [5, 5.41) is 8.66. The highest BCUT2D eigenvalue weighted by molar-refractivity contribution is 5.91. The lowest BCUT2D eigenvalue weighted by atomic mass is 10.1. The molecule has 0 unspecified atom stereocenters. The number of imidazole rings is 2. The molecule has 0 radical (unpaired) electrons. The van der Waals surface area contributed by atoms with Crippen LogP contribution in [0.15, 0.2) is 73.3 Å². The zero-order valence-electron chi connectivity index (χ0n) is 17.2. The first-order valence-electron chi connectivity index (χ1n) is 10.3. The Morgan fingerprint density at radius 2 is 1.97 bits per heavy atom. The molecule has 4 aromatic rings. The molecule has 0 spiro atoms. The first-order valence-corrected chi connectivity index (χ1v) is 10.3. The molecule has 2 N–H and O–H groups in total. The smallest absolute Gasteiger partial charge is 0.267 e. The van der Waals surface area contributed by atoms with E-state index >= 15 is 0 Å². The third-order valence-corrected chi connectivity index (χ3v) is 5.23. The van der Waals surface area contributed by atoms with Gasteiger partial charge in [0.1, 0.15) is 5.82 Å². The number of amides is 1. The second-order valence-corrected chi connectivity index (χ2v) is 7.38. The molecule has 2 heterocycles. The van der Waals surface area contributed by atoms with Gasteiger partial charge in [-0.2, -0.15) is 0 Å². The molecule has 0 atom stereocenters. The Morgan fingerprint density at radius 1 is 1.10 bits per heavy atom. The van der Waals surface area contributed by atoms with E-state index in [2.05, 4.69) is 38.4 Å². The average Bonchev–Trinajstić information content (AvgIpc) is 3.44. The van der Waals surface area contributed by atoms with Crippen LogP contribution in [0.3, 0.4) is 0 Å². The van der Waals surface area contributed by atoms with Gasteiger partial charge in [0, 0.05) is 38.0 Å². The molecular weight excluding hydrogens is 390 g/mol. The minimum atomic E-state index is -0.561. The van der Waals surface area contributed by atoms with Crippen molar-refractivity contribution in [3.05, 3.63) is 90.3 Å². The molecule has 7 nitrogen and oxygen atoms in total. The number of carbonyl (C=O) groups is 1. The Balaban J connectivity index is 1.58. The van der Waals surface area contributed by atoms with E-state index in [9.17, 15) is 4.79 Å². The van der Waals surface area contributed by atoms with Crippen LogP contribution in [0.2, 0.25) is 0 Å². The number of benzene rings is 2. The fourth-order valence-corrected chi connectivity index (χ4v) is 3.68. The average molecular weight is 415 g/mol. The topological polar surface area (TPSA) is 85.0 Å². The van der Waals surface area contributed by atoms with Gasteiger partial charge in [0.05, 0.1) is 17.4 Å². The van der Waals surface area contributed by atoms with E-state index in [1.54, 1.807) is 17.8 Å². The van der Waals surface area contributed by atoms with Gasteiger partial charge in [0.15, 0.2) is 0 Å². The Hall–Kier alpha value is -3.71. The number of aryl methyl sites for hydroxylation is 4. The molecule has 1 amide bonds. The predicted molar refractivity (Wildman–Crippen MR) is 119 cm³/mol. The van der Waals surface area contributed by atoms with Crippen LogP contribution in [0.1, 0.15) is 23.4 Å². The summed E-state index contributed by atoms with van der Waals surface area (Å²) in [4.78, 5) is 20.3. The van der Waals surface area contributed by atoms with Crippen LogP contribution in [-0.2, 0) is 30.7 Å². The van der Waals surface area contributed by atoms with Crippen LogP contribution >= 0.6 is 0 Å². The van der Waals surface area contributed by atoms with Crippen molar-refractivity contribution in [2.45, 2.75) is 32.4 Å². The van der Waals surface area contributed by atoms with Crippen LogP contribution in [0.4, 0.5) is 0 Å². The fourth-order valence-electron chi connectivity index (χ4n) is 3.68. The third kappa shape index (κ3) is 5.26. The lowest BCUT2D eigenvalue weighted by molar-refractivity contribution is -0.124. The van der Waals surface area contributed by atoms with Crippen molar-refractivity contribution in [1.82, 2.24) is 24.6 Å². The van der Waals surface area contributed by atoms with E-state index in [4.69, 9.17) is 10.2 Å². The molecule has 158 valence electrons. The van der Waals surface area contributed by atoms with Gasteiger partial charge in [-0.15, -0.1) is 0 Å². The largest absolute Gasteiger partial charge is 0.337 e. The maximum Gasteiger partial charge on any atom is 0.267 e. The van der Waals surface area contributed by atoms with Crippen molar-refractivity contribution in [2.75, 3.05) is 0 Å². The summed E-state index contributed by atoms with van der Waals surface area (Å²) in [6.45, 7) is 1.76. The minimum absolute atomic E-state index is 0.561. The predicted octanol–water partition coefficient (Wildman–Crippen LogP) is 3.63. The summed E-state index contributed by atoms with van der Waals surface area (Å²) in [7, 11) is 0. The lowest BCUT2D eigenvalue weighted by Crippen LogP contribution is -2.14. The zero-order chi connectivity index (χ0) is 21.5. The van der Waals surface area contributed by atoms with Gasteiger partial charge in [-0.1, -0.05) is 36.4 Å². The minimum Gasteiger partial charge on any atom is -0.337 e. The number of fused-ring (bicyclic) bond motifs is 1. The van der Waals surface area contributed by atoms with E-state index in [-0.39, 0.29) is 0 Å². The molecule has 0 aliphatic rings. The highest BCUT2D eigenvalue weighted by Gasteiger charge is 2.11. The number of aromatic nitrogens is 4. The molecule has 0 aliphatic heterocycles. The van der Waals surface area contributed by atoms with Crippen LogP contribution in [0.25, 0.3) is 17.1 Å². The Bertz CT molecular complexity index is 1160. The molecule has 31 heavy (non-hydrogen) atoms. The Morgan fingerprint density at radius 3 is 2.74 bits per heavy atom. The van der Waals surface area contributed by atoms with Gasteiger partial charge in [-0.3, -0.25) is 10.0 Å².